The van der Waals surface area contributed by atoms with Crippen LogP contribution in [0.1, 0.15) is 16.7 Å². The topological polar surface area (TPSA) is 46.5 Å². The number of carbonyl (C=O) groups is 1. The number of rotatable bonds is 10. The van der Waals surface area contributed by atoms with Crippen molar-refractivity contribution in [3.63, 3.8) is 0 Å². The second-order valence-electron chi connectivity index (χ2n) is 6.98. The van der Waals surface area contributed by atoms with Crippen LogP contribution in [0.25, 0.3) is 5.57 Å². The summed E-state index contributed by atoms with van der Waals surface area (Å²) in [5.41, 5.74) is 2.20. The molecule has 0 heterocycles. The minimum atomic E-state index is -3.50. The molecule has 0 aliphatic carbocycles. The summed E-state index contributed by atoms with van der Waals surface area (Å²) in [7, 11) is 0. The molecule has 0 aromatic heterocycles. The molecule has 0 fully saturated rings. The molecule has 3 rings (SSSR count). The van der Waals surface area contributed by atoms with Gasteiger partial charge in [0.25, 0.3) is 0 Å². The summed E-state index contributed by atoms with van der Waals surface area (Å²) in [6.07, 6.45) is 2.01. The molecule has 0 saturated carbocycles. The summed E-state index contributed by atoms with van der Waals surface area (Å²) >= 11 is 4.93. The number of hydrogen-bond donors (Lipinski definition) is 1. The standard InChI is InChI=1S/C25H20BrF3O3S/c26-22-14-20(10-11-23(22)32-15-24(30)31)33-13-12-21(17-4-2-1-3-5-17)18-6-8-19(9-7-18)25(28,29)16-27/h1-12,14H,13,15-16H2,(H,30,31)/b21-12-. The van der Waals surface area contributed by atoms with Crippen LogP contribution in [0.15, 0.2) is 88.2 Å². The summed E-state index contributed by atoms with van der Waals surface area (Å²) in [5, 5.41) is 8.74. The Bertz CT molecular complexity index is 1120. The van der Waals surface area contributed by atoms with Gasteiger partial charge in [-0.05, 0) is 50.8 Å². The number of carboxylic acids is 1. The van der Waals surface area contributed by atoms with E-state index in [1.165, 1.54) is 12.1 Å². The van der Waals surface area contributed by atoms with Gasteiger partial charge in [-0.25, -0.2) is 9.18 Å². The first-order valence-electron chi connectivity index (χ1n) is 9.87. The van der Waals surface area contributed by atoms with Crippen molar-refractivity contribution in [2.45, 2.75) is 10.8 Å². The summed E-state index contributed by atoms with van der Waals surface area (Å²) < 4.78 is 45.8. The summed E-state index contributed by atoms with van der Waals surface area (Å²) in [6.45, 7) is -2.16. The highest BCUT2D eigenvalue weighted by Crippen LogP contribution is 2.33. The van der Waals surface area contributed by atoms with Gasteiger partial charge in [-0.3, -0.25) is 0 Å². The third-order valence-electron chi connectivity index (χ3n) is 4.66. The molecule has 1 N–H and O–H groups in total. The van der Waals surface area contributed by atoms with E-state index in [1.54, 1.807) is 30.0 Å². The number of alkyl halides is 3. The molecule has 172 valence electrons. The molecule has 3 nitrogen and oxygen atoms in total. The first-order chi connectivity index (χ1) is 15.8. The van der Waals surface area contributed by atoms with Gasteiger partial charge in [0.05, 0.1) is 4.47 Å². The fourth-order valence-corrected chi connectivity index (χ4v) is 4.49. The highest BCUT2D eigenvalue weighted by Gasteiger charge is 2.31. The maximum absolute atomic E-state index is 13.6. The third kappa shape index (κ3) is 6.88. The Morgan fingerprint density at radius 3 is 2.30 bits per heavy atom. The number of carboxylic acid groups (broad SMARTS) is 1. The lowest BCUT2D eigenvalue weighted by Gasteiger charge is -2.14. The van der Waals surface area contributed by atoms with E-state index in [2.05, 4.69) is 15.9 Å². The van der Waals surface area contributed by atoms with Gasteiger partial charge in [0.1, 0.15) is 5.75 Å². The lowest BCUT2D eigenvalue weighted by Crippen LogP contribution is -2.15. The van der Waals surface area contributed by atoms with Gasteiger partial charge in [0.15, 0.2) is 13.3 Å². The van der Waals surface area contributed by atoms with Crippen LogP contribution in [0.5, 0.6) is 5.75 Å². The number of halogens is 4. The van der Waals surface area contributed by atoms with Crippen molar-refractivity contribution >= 4 is 39.2 Å². The zero-order valence-corrected chi connectivity index (χ0v) is 19.7. The predicted octanol–water partition coefficient (Wildman–Crippen LogP) is 7.20. The largest absolute Gasteiger partial charge is 0.481 e. The molecule has 0 unspecified atom stereocenters. The Morgan fingerprint density at radius 1 is 1.03 bits per heavy atom. The van der Waals surface area contributed by atoms with Gasteiger partial charge in [-0.2, -0.15) is 8.78 Å². The fourth-order valence-electron chi connectivity index (χ4n) is 3.04. The van der Waals surface area contributed by atoms with E-state index in [4.69, 9.17) is 9.84 Å². The maximum Gasteiger partial charge on any atom is 0.341 e. The van der Waals surface area contributed by atoms with E-state index >= 15 is 0 Å². The van der Waals surface area contributed by atoms with Crippen molar-refractivity contribution < 1.29 is 27.8 Å². The predicted molar refractivity (Wildman–Crippen MR) is 128 cm³/mol. The Hall–Kier alpha value is -2.71. The number of aliphatic carboxylic acids is 1. The van der Waals surface area contributed by atoms with Gasteiger partial charge in [0.2, 0.25) is 0 Å². The molecule has 0 aliphatic heterocycles. The Labute approximate surface area is 202 Å². The first kappa shape index (κ1) is 24.9. The first-order valence-corrected chi connectivity index (χ1v) is 11.7. The van der Waals surface area contributed by atoms with Crippen molar-refractivity contribution in [3.05, 3.63) is 100 Å². The highest BCUT2D eigenvalue weighted by molar-refractivity contribution is 9.10. The van der Waals surface area contributed by atoms with Crippen LogP contribution in [-0.4, -0.2) is 30.1 Å². The third-order valence-corrected chi connectivity index (χ3v) is 6.20. The Kier molecular flexibility index (Phi) is 8.63. The van der Waals surface area contributed by atoms with Crippen LogP contribution in [-0.2, 0) is 10.7 Å². The van der Waals surface area contributed by atoms with Gasteiger partial charge >= 0.3 is 11.9 Å². The molecule has 0 saturated heterocycles. The Morgan fingerprint density at radius 2 is 1.70 bits per heavy atom. The average Bonchev–Trinajstić information content (AvgIpc) is 2.82. The van der Waals surface area contributed by atoms with Gasteiger partial charge in [-0.1, -0.05) is 60.7 Å². The number of ether oxygens (including phenoxy) is 1. The lowest BCUT2D eigenvalue weighted by atomic mass is 9.96. The zero-order valence-electron chi connectivity index (χ0n) is 17.3. The quantitative estimate of drug-likeness (QED) is 0.278. The van der Waals surface area contributed by atoms with Crippen molar-refractivity contribution in [2.75, 3.05) is 19.0 Å². The SMILES string of the molecule is O=C(O)COc1ccc(SC/C=C(/c2ccccc2)c2ccc(C(F)(F)CF)cc2)cc1Br. The summed E-state index contributed by atoms with van der Waals surface area (Å²) in [6, 6.07) is 20.6. The summed E-state index contributed by atoms with van der Waals surface area (Å²) in [5.74, 6) is -3.53. The number of thioether (sulfide) groups is 1. The highest BCUT2D eigenvalue weighted by atomic mass is 79.9. The average molecular weight is 537 g/mol. The van der Waals surface area contributed by atoms with Crippen LogP contribution in [0, 0.1) is 0 Å². The van der Waals surface area contributed by atoms with Crippen LogP contribution in [0.2, 0.25) is 0 Å². The molecule has 0 aliphatic rings. The summed E-state index contributed by atoms with van der Waals surface area (Å²) in [4.78, 5) is 11.6. The van der Waals surface area contributed by atoms with Crippen LogP contribution in [0.4, 0.5) is 13.2 Å². The molecule has 3 aromatic carbocycles. The number of benzene rings is 3. The van der Waals surface area contributed by atoms with Crippen LogP contribution in [0.3, 0.4) is 0 Å². The second-order valence-corrected chi connectivity index (χ2v) is 8.93. The Balaban J connectivity index is 1.79. The molecule has 0 atom stereocenters. The van der Waals surface area contributed by atoms with Crippen molar-refractivity contribution in [3.8, 4) is 5.75 Å². The smallest absolute Gasteiger partial charge is 0.341 e. The molecule has 0 bridgehead atoms. The van der Waals surface area contributed by atoms with E-state index in [9.17, 15) is 18.0 Å². The van der Waals surface area contributed by atoms with Crippen molar-refractivity contribution in [1.29, 1.82) is 0 Å². The normalized spacial score (nSPS) is 11.9. The van der Waals surface area contributed by atoms with Crippen molar-refractivity contribution in [1.82, 2.24) is 0 Å². The molecule has 3 aromatic rings. The minimum Gasteiger partial charge on any atom is -0.481 e. The molecule has 33 heavy (non-hydrogen) atoms. The lowest BCUT2D eigenvalue weighted by molar-refractivity contribution is -0.139. The maximum atomic E-state index is 13.6. The van der Waals surface area contributed by atoms with Gasteiger partial charge < -0.3 is 9.84 Å². The van der Waals surface area contributed by atoms with E-state index in [1.807, 2.05) is 48.5 Å². The monoisotopic (exact) mass is 536 g/mol. The molecule has 0 amide bonds. The number of hydrogen-bond acceptors (Lipinski definition) is 3. The molecular weight excluding hydrogens is 517 g/mol. The fraction of sp³-hybridized carbons (Fsp3) is 0.160. The molecule has 8 heteroatoms. The minimum absolute atomic E-state index is 0.356. The second kappa shape index (κ2) is 11.4. The van der Waals surface area contributed by atoms with E-state index in [0.717, 1.165) is 21.6 Å². The zero-order chi connectivity index (χ0) is 23.8. The van der Waals surface area contributed by atoms with Gasteiger partial charge in [0, 0.05) is 16.2 Å². The van der Waals surface area contributed by atoms with Crippen LogP contribution >= 0.6 is 27.7 Å². The molecular formula is C25H20BrF3O3S. The van der Waals surface area contributed by atoms with E-state index < -0.39 is 25.2 Å². The van der Waals surface area contributed by atoms with E-state index in [0.29, 0.717) is 16.0 Å². The van der Waals surface area contributed by atoms with E-state index in [-0.39, 0.29) is 5.56 Å². The van der Waals surface area contributed by atoms with Gasteiger partial charge in [-0.15, -0.1) is 11.8 Å². The van der Waals surface area contributed by atoms with Crippen molar-refractivity contribution in [2.24, 2.45) is 0 Å². The van der Waals surface area contributed by atoms with Crippen LogP contribution < -0.4 is 4.74 Å². The molecule has 0 radical (unpaired) electrons. The molecule has 0 spiro atoms.